The summed E-state index contributed by atoms with van der Waals surface area (Å²) in [5.74, 6) is 1.63. The molecule has 11 nitrogen and oxygen atoms in total. The second-order valence-corrected chi connectivity index (χ2v) is 9.60. The van der Waals surface area contributed by atoms with Crippen molar-refractivity contribution >= 4 is 23.7 Å². The Balaban J connectivity index is 1.33. The van der Waals surface area contributed by atoms with Crippen molar-refractivity contribution in [3.05, 3.63) is 47.4 Å². The summed E-state index contributed by atoms with van der Waals surface area (Å²) < 4.78 is 5.16. The third-order valence-electron chi connectivity index (χ3n) is 6.53. The number of urea groups is 1. The van der Waals surface area contributed by atoms with Crippen LogP contribution in [0.5, 0.6) is 5.75 Å². The van der Waals surface area contributed by atoms with Crippen LogP contribution in [0, 0.1) is 6.92 Å². The fourth-order valence-corrected chi connectivity index (χ4v) is 4.35. The van der Waals surface area contributed by atoms with E-state index < -0.39 is 23.4 Å². The lowest BCUT2D eigenvalue weighted by molar-refractivity contribution is -0.139. The van der Waals surface area contributed by atoms with Gasteiger partial charge in [0.2, 0.25) is 0 Å². The molecule has 4 rings (SSSR count). The van der Waals surface area contributed by atoms with Crippen molar-refractivity contribution in [1.82, 2.24) is 30.6 Å². The van der Waals surface area contributed by atoms with Gasteiger partial charge >= 0.3 is 6.03 Å². The number of benzene rings is 1. The monoisotopic (exact) mass is 495 g/mol. The first-order valence-corrected chi connectivity index (χ1v) is 12.0. The fourth-order valence-electron chi connectivity index (χ4n) is 4.35. The maximum atomic E-state index is 13.1. The number of methoxy groups -OCH3 is 1. The summed E-state index contributed by atoms with van der Waals surface area (Å²) >= 11 is 0. The Kier molecular flexibility index (Phi) is 7.11. The molecule has 0 saturated carbocycles. The molecule has 36 heavy (non-hydrogen) atoms. The van der Waals surface area contributed by atoms with Gasteiger partial charge in [-0.1, -0.05) is 26.0 Å². The molecule has 1 unspecified atom stereocenters. The molecule has 1 aromatic carbocycles. The Bertz CT molecular complexity index is 1150. The normalized spacial score (nSPS) is 20.6. The van der Waals surface area contributed by atoms with Crippen molar-refractivity contribution in [2.75, 3.05) is 44.7 Å². The first-order chi connectivity index (χ1) is 17.1. The minimum absolute atomic E-state index is 0.0736. The molecular formula is C25H33N7O4. The summed E-state index contributed by atoms with van der Waals surface area (Å²) in [7, 11) is 1.55. The molecule has 11 heteroatoms. The number of nitrogens with zero attached hydrogens (tertiary/aromatic N) is 5. The van der Waals surface area contributed by atoms with E-state index in [1.54, 1.807) is 38.3 Å². The topological polar surface area (TPSA) is 120 Å². The highest BCUT2D eigenvalue weighted by Crippen LogP contribution is 2.29. The minimum Gasteiger partial charge on any atom is -0.497 e. The van der Waals surface area contributed by atoms with Gasteiger partial charge in [0.1, 0.15) is 22.9 Å². The summed E-state index contributed by atoms with van der Waals surface area (Å²) in [5, 5.41) is 3.45. The number of hydrazine groups is 1. The van der Waals surface area contributed by atoms with Crippen LogP contribution in [0.4, 0.5) is 10.6 Å². The van der Waals surface area contributed by atoms with Crippen LogP contribution in [0.15, 0.2) is 30.3 Å². The Morgan fingerprint density at radius 1 is 1.14 bits per heavy atom. The van der Waals surface area contributed by atoms with E-state index in [4.69, 9.17) is 9.72 Å². The zero-order chi connectivity index (χ0) is 26.0. The van der Waals surface area contributed by atoms with E-state index in [0.29, 0.717) is 37.5 Å². The standard InChI is InChI=1S/C25H33N7O4/c1-16(2)22-26-17(3)14-20(27-22)31-12-10-30(11-13-31)15-21(33)29-32-23(34)25(4,28-24(32)35)18-6-8-19(36-5)9-7-18/h6-9,14,16H,10-13,15H2,1-5H3,(H,28,35)(H,29,33). The first kappa shape index (κ1) is 25.4. The van der Waals surface area contributed by atoms with Crippen molar-refractivity contribution in [3.63, 3.8) is 0 Å². The zero-order valence-electron chi connectivity index (χ0n) is 21.4. The molecular weight excluding hydrogens is 462 g/mol. The van der Waals surface area contributed by atoms with E-state index >= 15 is 0 Å². The van der Waals surface area contributed by atoms with Crippen LogP contribution in [-0.4, -0.2) is 77.6 Å². The second-order valence-electron chi connectivity index (χ2n) is 9.60. The SMILES string of the molecule is COc1ccc(C2(C)NC(=O)N(NC(=O)CN3CCN(c4cc(C)nc(C(C)C)n4)CC3)C2=O)cc1. The molecule has 0 aliphatic carbocycles. The molecule has 0 bridgehead atoms. The van der Waals surface area contributed by atoms with Gasteiger partial charge in [0, 0.05) is 43.9 Å². The van der Waals surface area contributed by atoms with E-state index in [2.05, 4.69) is 34.5 Å². The minimum atomic E-state index is -1.28. The van der Waals surface area contributed by atoms with Crippen LogP contribution < -0.4 is 20.4 Å². The fraction of sp³-hybridized carbons (Fsp3) is 0.480. The van der Waals surface area contributed by atoms with E-state index in [-0.39, 0.29) is 12.5 Å². The van der Waals surface area contributed by atoms with Gasteiger partial charge in [-0.2, -0.15) is 5.01 Å². The van der Waals surface area contributed by atoms with E-state index in [0.717, 1.165) is 22.3 Å². The van der Waals surface area contributed by atoms with Crippen molar-refractivity contribution in [2.24, 2.45) is 0 Å². The third-order valence-corrected chi connectivity index (χ3v) is 6.53. The number of anilines is 1. The molecule has 192 valence electrons. The summed E-state index contributed by atoms with van der Waals surface area (Å²) in [6, 6.07) is 8.17. The van der Waals surface area contributed by atoms with Gasteiger partial charge in [-0.3, -0.25) is 19.9 Å². The van der Waals surface area contributed by atoms with Crippen molar-refractivity contribution < 1.29 is 19.1 Å². The molecule has 0 radical (unpaired) electrons. The number of rotatable bonds is 7. The first-order valence-electron chi connectivity index (χ1n) is 12.0. The predicted molar refractivity (Wildman–Crippen MR) is 133 cm³/mol. The van der Waals surface area contributed by atoms with Crippen LogP contribution in [0.2, 0.25) is 0 Å². The highest BCUT2D eigenvalue weighted by atomic mass is 16.5. The molecule has 4 amide bonds. The number of nitrogens with one attached hydrogen (secondary N) is 2. The van der Waals surface area contributed by atoms with Crippen LogP contribution >= 0.6 is 0 Å². The zero-order valence-corrected chi connectivity index (χ0v) is 21.4. The number of hydrogen-bond acceptors (Lipinski definition) is 8. The van der Waals surface area contributed by atoms with Gasteiger partial charge in [0.05, 0.1) is 13.7 Å². The Morgan fingerprint density at radius 2 is 1.81 bits per heavy atom. The lowest BCUT2D eigenvalue weighted by atomic mass is 9.92. The van der Waals surface area contributed by atoms with E-state index in [9.17, 15) is 14.4 Å². The molecule has 2 fully saturated rings. The molecule has 1 aromatic heterocycles. The highest BCUT2D eigenvalue weighted by molar-refractivity contribution is 6.08. The van der Waals surface area contributed by atoms with Gasteiger partial charge < -0.3 is 15.0 Å². The number of carbonyl (C=O) groups excluding carboxylic acids is 3. The molecule has 2 aromatic rings. The largest absolute Gasteiger partial charge is 0.497 e. The maximum absolute atomic E-state index is 13.1. The molecule has 2 aliphatic rings. The summed E-state index contributed by atoms with van der Waals surface area (Å²) in [6.45, 7) is 10.5. The molecule has 0 spiro atoms. The summed E-state index contributed by atoms with van der Waals surface area (Å²) in [6.07, 6.45) is 0. The number of hydrogen-bond donors (Lipinski definition) is 2. The van der Waals surface area contributed by atoms with Crippen molar-refractivity contribution in [1.29, 1.82) is 0 Å². The quantitative estimate of drug-likeness (QED) is 0.555. The van der Waals surface area contributed by atoms with Gasteiger partial charge in [0.25, 0.3) is 11.8 Å². The van der Waals surface area contributed by atoms with E-state index in [1.165, 1.54) is 0 Å². The van der Waals surface area contributed by atoms with E-state index in [1.807, 2.05) is 17.9 Å². The molecule has 2 saturated heterocycles. The van der Waals surface area contributed by atoms with Gasteiger partial charge in [-0.15, -0.1) is 0 Å². The third kappa shape index (κ3) is 5.11. The molecule has 2 N–H and O–H groups in total. The van der Waals surface area contributed by atoms with Crippen molar-refractivity contribution in [3.8, 4) is 5.75 Å². The van der Waals surface area contributed by atoms with Crippen LogP contribution in [-0.2, 0) is 15.1 Å². The number of carbonyl (C=O) groups is 3. The number of aryl methyl sites for hydroxylation is 1. The smallest absolute Gasteiger partial charge is 0.344 e. The summed E-state index contributed by atoms with van der Waals surface area (Å²) in [5.41, 5.74) is 2.71. The average molecular weight is 496 g/mol. The van der Waals surface area contributed by atoms with Crippen LogP contribution in [0.1, 0.15) is 43.8 Å². The predicted octanol–water partition coefficient (Wildman–Crippen LogP) is 1.54. The molecule has 2 aliphatic heterocycles. The van der Waals surface area contributed by atoms with Crippen LogP contribution in [0.25, 0.3) is 0 Å². The number of amides is 4. The second kappa shape index (κ2) is 10.1. The average Bonchev–Trinajstić information content (AvgIpc) is 3.07. The Hall–Kier alpha value is -3.73. The highest BCUT2D eigenvalue weighted by Gasteiger charge is 2.50. The molecule has 3 heterocycles. The Morgan fingerprint density at radius 3 is 2.42 bits per heavy atom. The summed E-state index contributed by atoms with van der Waals surface area (Å²) in [4.78, 5) is 51.7. The lowest BCUT2D eigenvalue weighted by Gasteiger charge is -2.35. The van der Waals surface area contributed by atoms with Gasteiger partial charge in [0.15, 0.2) is 0 Å². The lowest BCUT2D eigenvalue weighted by Crippen LogP contribution is -2.53. The van der Waals surface area contributed by atoms with Crippen molar-refractivity contribution in [2.45, 2.75) is 39.2 Å². The van der Waals surface area contributed by atoms with Gasteiger partial charge in [-0.25, -0.2) is 14.8 Å². The number of imide groups is 1. The number of aromatic nitrogens is 2. The maximum Gasteiger partial charge on any atom is 0.344 e. The van der Waals surface area contributed by atoms with Gasteiger partial charge in [-0.05, 0) is 31.5 Å². The molecule has 1 atom stereocenters. The number of piperazine rings is 1. The Labute approximate surface area is 210 Å². The number of ether oxygens (including phenoxy) is 1. The van der Waals surface area contributed by atoms with Crippen LogP contribution in [0.3, 0.4) is 0 Å².